The second kappa shape index (κ2) is 6.47. The van der Waals surface area contributed by atoms with Gasteiger partial charge in [0.1, 0.15) is 17.9 Å². The molecule has 1 aliphatic rings. The Morgan fingerprint density at radius 1 is 1.32 bits per heavy atom. The summed E-state index contributed by atoms with van der Waals surface area (Å²) in [6, 6.07) is -1.28. The SMILES string of the molecule is O=C(Cn1cnc2sc3c(c2c1=O)CCC3)NC(=O)NCC(F)(F)F. The minimum absolute atomic E-state index is 0.393. The molecule has 1 aliphatic carbocycles. The lowest BCUT2D eigenvalue weighted by Gasteiger charge is -2.09. The van der Waals surface area contributed by atoms with E-state index >= 15 is 0 Å². The van der Waals surface area contributed by atoms with Gasteiger partial charge in [-0.2, -0.15) is 13.2 Å². The van der Waals surface area contributed by atoms with Crippen LogP contribution in [-0.2, 0) is 24.2 Å². The van der Waals surface area contributed by atoms with Crippen molar-refractivity contribution in [3.05, 3.63) is 27.1 Å². The Labute approximate surface area is 142 Å². The number of hydrogen-bond donors (Lipinski definition) is 2. The van der Waals surface area contributed by atoms with E-state index in [2.05, 4.69) is 4.98 Å². The fourth-order valence-corrected chi connectivity index (χ4v) is 3.90. The molecule has 25 heavy (non-hydrogen) atoms. The van der Waals surface area contributed by atoms with Crippen LogP contribution in [0.5, 0.6) is 0 Å². The molecule has 2 N–H and O–H groups in total. The summed E-state index contributed by atoms with van der Waals surface area (Å²) in [5.41, 5.74) is 0.561. The molecule has 0 unspecified atom stereocenters. The van der Waals surface area contributed by atoms with Crippen molar-refractivity contribution in [1.82, 2.24) is 20.2 Å². The standard InChI is InChI=1S/C14H13F3N4O3S/c15-14(16,17)5-18-13(24)20-9(22)4-21-6-19-11-10(12(21)23)7-2-1-3-8(7)25-11/h6H,1-5H2,(H2,18,20,22,24). The third-order valence-corrected chi connectivity index (χ3v) is 4.91. The maximum atomic E-state index is 12.5. The monoisotopic (exact) mass is 374 g/mol. The van der Waals surface area contributed by atoms with Crippen molar-refractivity contribution in [1.29, 1.82) is 0 Å². The molecular formula is C14H13F3N4O3S. The molecule has 134 valence electrons. The van der Waals surface area contributed by atoms with E-state index in [-0.39, 0.29) is 0 Å². The van der Waals surface area contributed by atoms with Crippen molar-refractivity contribution in [3.8, 4) is 0 Å². The Bertz CT molecular complexity index is 903. The Morgan fingerprint density at radius 2 is 2.08 bits per heavy atom. The quantitative estimate of drug-likeness (QED) is 0.848. The summed E-state index contributed by atoms with van der Waals surface area (Å²) in [7, 11) is 0. The van der Waals surface area contributed by atoms with Crippen molar-refractivity contribution in [2.24, 2.45) is 0 Å². The van der Waals surface area contributed by atoms with Gasteiger partial charge in [0.25, 0.3) is 5.56 Å². The lowest BCUT2D eigenvalue weighted by atomic mass is 10.2. The maximum Gasteiger partial charge on any atom is 0.405 e. The third kappa shape index (κ3) is 3.81. The van der Waals surface area contributed by atoms with Crippen molar-refractivity contribution < 1.29 is 22.8 Å². The molecule has 0 aromatic carbocycles. The van der Waals surface area contributed by atoms with Gasteiger partial charge in [-0.1, -0.05) is 0 Å². The maximum absolute atomic E-state index is 12.5. The van der Waals surface area contributed by atoms with Crippen molar-refractivity contribution in [2.45, 2.75) is 32.0 Å². The fourth-order valence-electron chi connectivity index (χ4n) is 2.68. The van der Waals surface area contributed by atoms with E-state index in [4.69, 9.17) is 0 Å². The second-order valence-electron chi connectivity index (χ2n) is 5.56. The van der Waals surface area contributed by atoms with Crippen LogP contribution in [0.25, 0.3) is 10.2 Å². The molecule has 0 fully saturated rings. The predicted molar refractivity (Wildman–Crippen MR) is 83.5 cm³/mol. The summed E-state index contributed by atoms with van der Waals surface area (Å²) in [6.45, 7) is -2.06. The highest BCUT2D eigenvalue weighted by atomic mass is 32.1. The average molecular weight is 374 g/mol. The van der Waals surface area contributed by atoms with E-state index in [1.54, 1.807) is 5.32 Å². The normalized spacial score (nSPS) is 13.7. The zero-order valence-electron chi connectivity index (χ0n) is 12.8. The summed E-state index contributed by atoms with van der Waals surface area (Å²) in [4.78, 5) is 41.4. The summed E-state index contributed by atoms with van der Waals surface area (Å²) >= 11 is 1.45. The molecule has 11 heteroatoms. The molecule has 2 aromatic heterocycles. The summed E-state index contributed by atoms with van der Waals surface area (Å²) in [5.74, 6) is -0.908. The lowest BCUT2D eigenvalue weighted by molar-refractivity contribution is -0.124. The zero-order chi connectivity index (χ0) is 18.2. The van der Waals surface area contributed by atoms with E-state index in [1.165, 1.54) is 23.0 Å². The number of rotatable bonds is 3. The number of aryl methyl sites for hydroxylation is 2. The van der Waals surface area contributed by atoms with Gasteiger partial charge in [0, 0.05) is 4.88 Å². The van der Waals surface area contributed by atoms with Gasteiger partial charge in [-0.3, -0.25) is 19.5 Å². The first-order chi connectivity index (χ1) is 11.7. The lowest BCUT2D eigenvalue weighted by Crippen LogP contribution is -2.45. The first kappa shape index (κ1) is 17.4. The number of aromatic nitrogens is 2. The molecule has 0 spiro atoms. The highest BCUT2D eigenvalue weighted by molar-refractivity contribution is 7.18. The highest BCUT2D eigenvalue weighted by Gasteiger charge is 2.28. The van der Waals surface area contributed by atoms with Gasteiger partial charge in [-0.15, -0.1) is 11.3 Å². The highest BCUT2D eigenvalue weighted by Crippen LogP contribution is 2.34. The number of imide groups is 1. The van der Waals surface area contributed by atoms with E-state index in [0.717, 1.165) is 34.3 Å². The van der Waals surface area contributed by atoms with E-state index < -0.39 is 36.8 Å². The summed E-state index contributed by atoms with van der Waals surface area (Å²) in [6.07, 6.45) is -0.738. The van der Waals surface area contributed by atoms with Crippen LogP contribution in [0.3, 0.4) is 0 Å². The number of halogens is 3. The molecule has 7 nitrogen and oxygen atoms in total. The number of amides is 3. The van der Waals surface area contributed by atoms with Crippen LogP contribution in [0.1, 0.15) is 16.9 Å². The number of nitrogens with zero attached hydrogens (tertiary/aromatic N) is 2. The second-order valence-corrected chi connectivity index (χ2v) is 6.64. The number of alkyl halides is 3. The van der Waals surface area contributed by atoms with Crippen LogP contribution in [0.4, 0.5) is 18.0 Å². The number of carbonyl (C=O) groups is 2. The average Bonchev–Trinajstić information content (AvgIpc) is 3.08. The summed E-state index contributed by atoms with van der Waals surface area (Å²) < 4.78 is 37.0. The topological polar surface area (TPSA) is 93.1 Å². The molecular weight excluding hydrogens is 361 g/mol. The fraction of sp³-hybridized carbons (Fsp3) is 0.429. The van der Waals surface area contributed by atoms with Crippen LogP contribution in [-0.4, -0.2) is 34.2 Å². The smallest absolute Gasteiger partial charge is 0.329 e. The molecule has 2 heterocycles. The molecule has 0 saturated heterocycles. The number of thiophene rings is 1. The first-order valence-corrected chi connectivity index (χ1v) is 8.20. The molecule has 0 bridgehead atoms. The predicted octanol–water partition coefficient (Wildman–Crippen LogP) is 1.33. The number of urea groups is 1. The molecule has 3 rings (SSSR count). The molecule has 0 radical (unpaired) electrons. The summed E-state index contributed by atoms with van der Waals surface area (Å²) in [5, 5.41) is 3.75. The van der Waals surface area contributed by atoms with Gasteiger partial charge < -0.3 is 5.32 Å². The minimum atomic E-state index is -4.58. The largest absolute Gasteiger partial charge is 0.405 e. The van der Waals surface area contributed by atoms with Crippen molar-refractivity contribution in [2.75, 3.05) is 6.54 Å². The molecule has 0 aliphatic heterocycles. The Kier molecular flexibility index (Phi) is 4.50. The van der Waals surface area contributed by atoms with Gasteiger partial charge in [0.05, 0.1) is 11.7 Å². The number of hydrogen-bond acceptors (Lipinski definition) is 5. The molecule has 0 saturated carbocycles. The zero-order valence-corrected chi connectivity index (χ0v) is 13.6. The first-order valence-electron chi connectivity index (χ1n) is 7.39. The Morgan fingerprint density at radius 3 is 2.80 bits per heavy atom. The number of fused-ring (bicyclic) bond motifs is 3. The van der Waals surface area contributed by atoms with Gasteiger partial charge in [-0.05, 0) is 24.8 Å². The molecule has 3 amide bonds. The van der Waals surface area contributed by atoms with Gasteiger partial charge in [0.2, 0.25) is 5.91 Å². The van der Waals surface area contributed by atoms with Crippen LogP contribution in [0, 0.1) is 0 Å². The van der Waals surface area contributed by atoms with Crippen LogP contribution < -0.4 is 16.2 Å². The van der Waals surface area contributed by atoms with Gasteiger partial charge in [-0.25, -0.2) is 9.78 Å². The minimum Gasteiger partial charge on any atom is -0.329 e. The van der Waals surface area contributed by atoms with Crippen molar-refractivity contribution in [3.63, 3.8) is 0 Å². The molecule has 0 atom stereocenters. The van der Waals surface area contributed by atoms with Crippen molar-refractivity contribution >= 4 is 33.5 Å². The van der Waals surface area contributed by atoms with Gasteiger partial charge >= 0.3 is 12.2 Å². The third-order valence-electron chi connectivity index (χ3n) is 3.71. The number of carbonyl (C=O) groups excluding carboxylic acids is 2. The van der Waals surface area contributed by atoms with E-state index in [1.807, 2.05) is 0 Å². The van der Waals surface area contributed by atoms with Crippen LogP contribution in [0.2, 0.25) is 0 Å². The molecule has 2 aromatic rings. The number of nitrogens with one attached hydrogen (secondary N) is 2. The Hall–Kier alpha value is -2.43. The van der Waals surface area contributed by atoms with Crippen LogP contribution in [0.15, 0.2) is 11.1 Å². The Balaban J connectivity index is 1.71. The van der Waals surface area contributed by atoms with E-state index in [9.17, 15) is 27.6 Å². The van der Waals surface area contributed by atoms with E-state index in [0.29, 0.717) is 10.2 Å². The van der Waals surface area contributed by atoms with Crippen LogP contribution >= 0.6 is 11.3 Å². The van der Waals surface area contributed by atoms with Gasteiger partial charge in [0.15, 0.2) is 0 Å².